The van der Waals surface area contributed by atoms with Gasteiger partial charge in [-0.1, -0.05) is 12.8 Å². The minimum absolute atomic E-state index is 0.598. The summed E-state index contributed by atoms with van der Waals surface area (Å²) in [6.45, 7) is 4.03. The maximum atomic E-state index is 10.0. The van der Waals surface area contributed by atoms with Crippen molar-refractivity contribution in [2.24, 2.45) is 5.92 Å². The highest BCUT2D eigenvalue weighted by Crippen LogP contribution is 2.27. The molecule has 1 N–H and O–H groups in total. The van der Waals surface area contributed by atoms with E-state index < -0.39 is 5.60 Å². The second-order valence-corrected chi connectivity index (χ2v) is 6.35. The molecule has 3 rings (SSSR count). The first-order valence-electron chi connectivity index (χ1n) is 7.55. The van der Waals surface area contributed by atoms with Crippen LogP contribution in [0.25, 0.3) is 0 Å². The lowest BCUT2D eigenvalue weighted by Crippen LogP contribution is -2.30. The Balaban J connectivity index is 1.61. The van der Waals surface area contributed by atoms with Gasteiger partial charge in [0.05, 0.1) is 24.6 Å². The van der Waals surface area contributed by atoms with E-state index >= 15 is 0 Å². The van der Waals surface area contributed by atoms with Crippen molar-refractivity contribution in [2.45, 2.75) is 44.6 Å². The van der Waals surface area contributed by atoms with E-state index in [0.717, 1.165) is 25.4 Å². The van der Waals surface area contributed by atoms with E-state index in [2.05, 4.69) is 14.9 Å². The van der Waals surface area contributed by atoms with Gasteiger partial charge in [-0.25, -0.2) is 0 Å². The van der Waals surface area contributed by atoms with Gasteiger partial charge in [0.1, 0.15) is 0 Å². The fraction of sp³-hybridized carbons (Fsp3) is 0.733. The van der Waals surface area contributed by atoms with Gasteiger partial charge in [-0.05, 0) is 32.1 Å². The summed E-state index contributed by atoms with van der Waals surface area (Å²) in [5, 5.41) is 10.0. The summed E-state index contributed by atoms with van der Waals surface area (Å²) in [5.74, 6) is 2.07. The van der Waals surface area contributed by atoms with Crippen LogP contribution in [-0.2, 0) is 0 Å². The van der Waals surface area contributed by atoms with Crippen LogP contribution in [0.5, 0.6) is 5.88 Å². The Bertz CT molecular complexity index is 458. The number of β-amino-alcohol motifs (C(OH)–C–C–N with tert-alkyl or cyclic N) is 1. The van der Waals surface area contributed by atoms with Crippen molar-refractivity contribution in [3.63, 3.8) is 0 Å². The third kappa shape index (κ3) is 3.20. The van der Waals surface area contributed by atoms with Gasteiger partial charge >= 0.3 is 0 Å². The van der Waals surface area contributed by atoms with Crippen molar-refractivity contribution >= 4 is 5.82 Å². The van der Waals surface area contributed by atoms with Gasteiger partial charge in [-0.2, -0.15) is 4.98 Å². The molecule has 110 valence electrons. The Morgan fingerprint density at radius 2 is 2.20 bits per heavy atom. The molecule has 0 amide bonds. The Hall–Kier alpha value is -1.36. The third-order valence-electron chi connectivity index (χ3n) is 4.32. The number of rotatable bonds is 4. The molecule has 2 heterocycles. The maximum Gasteiger partial charge on any atom is 0.234 e. The van der Waals surface area contributed by atoms with E-state index in [0.29, 0.717) is 18.3 Å². The van der Waals surface area contributed by atoms with Crippen LogP contribution >= 0.6 is 0 Å². The van der Waals surface area contributed by atoms with Gasteiger partial charge in [0.2, 0.25) is 5.88 Å². The van der Waals surface area contributed by atoms with E-state index in [1.807, 2.05) is 6.92 Å². The molecule has 2 aliphatic rings. The van der Waals surface area contributed by atoms with E-state index in [1.165, 1.54) is 25.7 Å². The van der Waals surface area contributed by atoms with Crippen LogP contribution in [0.1, 0.15) is 39.0 Å². The Kier molecular flexibility index (Phi) is 3.78. The molecule has 20 heavy (non-hydrogen) atoms. The summed E-state index contributed by atoms with van der Waals surface area (Å²) in [5.41, 5.74) is -0.623. The topological polar surface area (TPSA) is 58.5 Å². The molecule has 1 saturated heterocycles. The minimum Gasteiger partial charge on any atom is -0.476 e. The summed E-state index contributed by atoms with van der Waals surface area (Å²) in [6, 6.07) is 0. The first kappa shape index (κ1) is 13.6. The summed E-state index contributed by atoms with van der Waals surface area (Å²) < 4.78 is 5.78. The molecule has 1 saturated carbocycles. The second kappa shape index (κ2) is 5.56. The van der Waals surface area contributed by atoms with E-state index in [1.54, 1.807) is 12.4 Å². The average molecular weight is 277 g/mol. The summed E-state index contributed by atoms with van der Waals surface area (Å²) in [6.07, 6.45) is 9.35. The molecule has 1 unspecified atom stereocenters. The van der Waals surface area contributed by atoms with Gasteiger partial charge in [0.25, 0.3) is 0 Å². The molecule has 2 fully saturated rings. The molecule has 1 aliphatic heterocycles. The molecule has 1 aromatic heterocycles. The molecule has 0 aromatic carbocycles. The lowest BCUT2D eigenvalue weighted by Gasteiger charge is -2.20. The fourth-order valence-corrected chi connectivity index (χ4v) is 3.08. The summed E-state index contributed by atoms with van der Waals surface area (Å²) in [7, 11) is 0. The number of hydrogen-bond acceptors (Lipinski definition) is 5. The van der Waals surface area contributed by atoms with Crippen LogP contribution in [-0.4, -0.2) is 40.4 Å². The molecule has 1 aliphatic carbocycles. The van der Waals surface area contributed by atoms with Crippen molar-refractivity contribution in [3.8, 4) is 5.88 Å². The number of anilines is 1. The lowest BCUT2D eigenvalue weighted by atomic mass is 10.1. The van der Waals surface area contributed by atoms with E-state index in [-0.39, 0.29) is 0 Å². The third-order valence-corrected chi connectivity index (χ3v) is 4.32. The van der Waals surface area contributed by atoms with Gasteiger partial charge in [0.15, 0.2) is 5.82 Å². The second-order valence-electron chi connectivity index (χ2n) is 6.35. The smallest absolute Gasteiger partial charge is 0.234 e. The normalized spacial score (nSPS) is 27.2. The van der Waals surface area contributed by atoms with E-state index in [9.17, 15) is 5.11 Å². The van der Waals surface area contributed by atoms with Gasteiger partial charge in [0, 0.05) is 13.1 Å². The Morgan fingerprint density at radius 1 is 1.40 bits per heavy atom. The summed E-state index contributed by atoms with van der Waals surface area (Å²) >= 11 is 0. The molecule has 0 bridgehead atoms. The highest BCUT2D eigenvalue weighted by atomic mass is 16.5. The monoisotopic (exact) mass is 277 g/mol. The molecule has 5 nitrogen and oxygen atoms in total. The fourth-order valence-electron chi connectivity index (χ4n) is 3.08. The number of ether oxygens (including phenoxy) is 1. The molecule has 0 spiro atoms. The minimum atomic E-state index is -0.623. The van der Waals surface area contributed by atoms with Crippen molar-refractivity contribution in [1.82, 2.24) is 9.97 Å². The van der Waals surface area contributed by atoms with Crippen LogP contribution in [0.2, 0.25) is 0 Å². The molecule has 1 aromatic rings. The quantitative estimate of drug-likeness (QED) is 0.912. The van der Waals surface area contributed by atoms with Crippen LogP contribution in [0, 0.1) is 5.92 Å². The Labute approximate surface area is 120 Å². The molecular formula is C15H23N3O2. The number of hydrogen-bond donors (Lipinski definition) is 1. The predicted molar refractivity (Wildman–Crippen MR) is 76.9 cm³/mol. The molecule has 0 radical (unpaired) electrons. The Morgan fingerprint density at radius 3 is 2.90 bits per heavy atom. The first-order chi connectivity index (χ1) is 9.62. The molecule has 1 atom stereocenters. The van der Waals surface area contributed by atoms with Gasteiger partial charge in [-0.15, -0.1) is 0 Å². The van der Waals surface area contributed by atoms with E-state index in [4.69, 9.17) is 4.74 Å². The van der Waals surface area contributed by atoms with Crippen molar-refractivity contribution < 1.29 is 9.84 Å². The molecule has 5 heteroatoms. The average Bonchev–Trinajstić information content (AvgIpc) is 3.06. The van der Waals surface area contributed by atoms with Crippen LogP contribution < -0.4 is 9.64 Å². The zero-order chi connectivity index (χ0) is 14.0. The van der Waals surface area contributed by atoms with Gasteiger partial charge < -0.3 is 14.7 Å². The van der Waals surface area contributed by atoms with Crippen LogP contribution in [0.4, 0.5) is 5.82 Å². The number of aliphatic hydroxyl groups is 1. The standard InChI is InChI=1S/C15H23N3O2/c1-15(19)6-7-18(11-15)13-8-16-9-14(17-13)20-10-12-4-2-3-5-12/h8-9,12,19H,2-7,10-11H2,1H3. The lowest BCUT2D eigenvalue weighted by molar-refractivity contribution is 0.0839. The van der Waals surface area contributed by atoms with Crippen LogP contribution in [0.15, 0.2) is 12.4 Å². The number of aromatic nitrogens is 2. The van der Waals surface area contributed by atoms with Crippen molar-refractivity contribution in [1.29, 1.82) is 0 Å². The summed E-state index contributed by atoms with van der Waals surface area (Å²) in [4.78, 5) is 10.8. The number of nitrogens with zero attached hydrogens (tertiary/aromatic N) is 3. The highest BCUT2D eigenvalue weighted by Gasteiger charge is 2.32. The van der Waals surface area contributed by atoms with Crippen LogP contribution in [0.3, 0.4) is 0 Å². The first-order valence-corrected chi connectivity index (χ1v) is 7.55. The predicted octanol–water partition coefficient (Wildman–Crippen LogP) is 2.01. The largest absolute Gasteiger partial charge is 0.476 e. The van der Waals surface area contributed by atoms with Gasteiger partial charge in [-0.3, -0.25) is 4.98 Å². The van der Waals surface area contributed by atoms with Crippen molar-refractivity contribution in [3.05, 3.63) is 12.4 Å². The molecular weight excluding hydrogens is 254 g/mol. The zero-order valence-electron chi connectivity index (χ0n) is 12.1. The zero-order valence-corrected chi connectivity index (χ0v) is 12.1. The highest BCUT2D eigenvalue weighted by molar-refractivity contribution is 5.39. The SMILES string of the molecule is CC1(O)CCN(c2cncc(OCC3CCCC3)n2)C1. The maximum absolute atomic E-state index is 10.0. The van der Waals surface area contributed by atoms with Crippen molar-refractivity contribution in [2.75, 3.05) is 24.6 Å².